The highest BCUT2D eigenvalue weighted by Gasteiger charge is 2.34. The Balaban J connectivity index is 2.41. The van der Waals surface area contributed by atoms with Gasteiger partial charge in [-0.3, -0.25) is 0 Å². The highest BCUT2D eigenvalue weighted by atomic mass is 16.4. The van der Waals surface area contributed by atoms with Crippen molar-refractivity contribution in [2.24, 2.45) is 0 Å². The minimum absolute atomic E-state index is 0.552. The van der Waals surface area contributed by atoms with Crippen LogP contribution < -0.4 is 0 Å². The standard InChI is InChI=1S/C15H16O2/c1-3-15(2,12-8-5-4-6-9-12)14(16)13-10-7-11-17-13/h3-11,14,16H,1H2,2H3/t14-,15-/m0/s1. The molecule has 0 aliphatic carbocycles. The van der Waals surface area contributed by atoms with Gasteiger partial charge in [0, 0.05) is 5.41 Å². The number of benzene rings is 1. The summed E-state index contributed by atoms with van der Waals surface area (Å²) in [7, 11) is 0. The van der Waals surface area contributed by atoms with Gasteiger partial charge in [0.25, 0.3) is 0 Å². The topological polar surface area (TPSA) is 33.4 Å². The first kappa shape index (κ1) is 11.7. The number of aliphatic hydroxyl groups excluding tert-OH is 1. The third-order valence-corrected chi connectivity index (χ3v) is 3.20. The van der Waals surface area contributed by atoms with Crippen LogP contribution in [0.25, 0.3) is 0 Å². The normalized spacial score (nSPS) is 16.1. The van der Waals surface area contributed by atoms with Crippen LogP contribution in [0.4, 0.5) is 0 Å². The summed E-state index contributed by atoms with van der Waals surface area (Å²) in [5, 5.41) is 10.4. The van der Waals surface area contributed by atoms with E-state index in [1.807, 2.05) is 37.3 Å². The number of rotatable bonds is 4. The summed E-state index contributed by atoms with van der Waals surface area (Å²) < 4.78 is 5.27. The molecule has 2 rings (SSSR count). The first-order chi connectivity index (χ1) is 8.18. The molecule has 0 aliphatic rings. The van der Waals surface area contributed by atoms with Crippen molar-refractivity contribution < 1.29 is 9.52 Å². The average molecular weight is 228 g/mol. The molecule has 0 saturated heterocycles. The van der Waals surface area contributed by atoms with Crippen LogP contribution in [0.5, 0.6) is 0 Å². The lowest BCUT2D eigenvalue weighted by atomic mass is 9.76. The summed E-state index contributed by atoms with van der Waals surface area (Å²) in [6, 6.07) is 13.4. The summed E-state index contributed by atoms with van der Waals surface area (Å²) in [4.78, 5) is 0. The van der Waals surface area contributed by atoms with E-state index in [0.29, 0.717) is 5.76 Å². The van der Waals surface area contributed by atoms with Gasteiger partial charge in [0.2, 0.25) is 0 Å². The lowest BCUT2D eigenvalue weighted by Gasteiger charge is -2.30. The predicted octanol–water partition coefficient (Wildman–Crippen LogP) is 3.46. The zero-order valence-corrected chi connectivity index (χ0v) is 9.84. The van der Waals surface area contributed by atoms with Crippen LogP contribution in [-0.2, 0) is 5.41 Å². The van der Waals surface area contributed by atoms with Gasteiger partial charge in [-0.1, -0.05) is 36.4 Å². The van der Waals surface area contributed by atoms with Crippen molar-refractivity contribution in [3.63, 3.8) is 0 Å². The smallest absolute Gasteiger partial charge is 0.133 e. The third kappa shape index (κ3) is 2.04. The molecule has 0 unspecified atom stereocenters. The van der Waals surface area contributed by atoms with E-state index in [2.05, 4.69) is 6.58 Å². The zero-order chi connectivity index (χ0) is 12.3. The predicted molar refractivity (Wildman–Crippen MR) is 67.7 cm³/mol. The summed E-state index contributed by atoms with van der Waals surface area (Å²) in [5.74, 6) is 0.552. The number of hydrogen-bond acceptors (Lipinski definition) is 2. The molecular formula is C15H16O2. The van der Waals surface area contributed by atoms with Crippen LogP contribution in [0, 0.1) is 0 Å². The molecule has 1 aromatic carbocycles. The lowest BCUT2D eigenvalue weighted by molar-refractivity contribution is 0.0927. The minimum atomic E-state index is -0.739. The van der Waals surface area contributed by atoms with E-state index >= 15 is 0 Å². The molecule has 2 aromatic rings. The van der Waals surface area contributed by atoms with Crippen LogP contribution in [0.1, 0.15) is 24.4 Å². The lowest BCUT2D eigenvalue weighted by Crippen LogP contribution is -2.27. The molecular weight excluding hydrogens is 212 g/mol. The van der Waals surface area contributed by atoms with Crippen LogP contribution in [0.15, 0.2) is 65.8 Å². The summed E-state index contributed by atoms with van der Waals surface area (Å²) >= 11 is 0. The molecule has 2 atom stereocenters. The SMILES string of the molecule is C=C[C@@](C)(c1ccccc1)[C@@H](O)c1ccco1. The maximum atomic E-state index is 10.4. The molecule has 0 spiro atoms. The molecule has 1 N–H and O–H groups in total. The second-order valence-corrected chi connectivity index (χ2v) is 4.27. The van der Waals surface area contributed by atoms with Gasteiger partial charge in [0.05, 0.1) is 6.26 Å². The van der Waals surface area contributed by atoms with Crippen molar-refractivity contribution in [2.75, 3.05) is 0 Å². The summed E-state index contributed by atoms with van der Waals surface area (Å²) in [5.41, 5.74) is 0.456. The maximum Gasteiger partial charge on any atom is 0.133 e. The average Bonchev–Trinajstić information content (AvgIpc) is 2.92. The maximum absolute atomic E-state index is 10.4. The van der Waals surface area contributed by atoms with E-state index in [-0.39, 0.29) is 0 Å². The Kier molecular flexibility index (Phi) is 3.16. The Bertz CT molecular complexity index is 473. The van der Waals surface area contributed by atoms with Crippen LogP contribution in [0.3, 0.4) is 0 Å². The Morgan fingerprint density at radius 1 is 1.24 bits per heavy atom. The monoisotopic (exact) mass is 228 g/mol. The van der Waals surface area contributed by atoms with Crippen molar-refractivity contribution in [1.82, 2.24) is 0 Å². The second-order valence-electron chi connectivity index (χ2n) is 4.27. The van der Waals surface area contributed by atoms with Crippen LogP contribution >= 0.6 is 0 Å². The second kappa shape index (κ2) is 4.60. The van der Waals surface area contributed by atoms with Crippen molar-refractivity contribution in [3.05, 3.63) is 72.7 Å². The Hall–Kier alpha value is -1.80. The zero-order valence-electron chi connectivity index (χ0n) is 9.84. The van der Waals surface area contributed by atoms with Gasteiger partial charge in [-0.15, -0.1) is 6.58 Å². The van der Waals surface area contributed by atoms with Crippen molar-refractivity contribution in [3.8, 4) is 0 Å². The number of furan rings is 1. The van der Waals surface area contributed by atoms with Crippen molar-refractivity contribution in [1.29, 1.82) is 0 Å². The molecule has 1 heterocycles. The van der Waals surface area contributed by atoms with Gasteiger partial charge < -0.3 is 9.52 Å². The summed E-state index contributed by atoms with van der Waals surface area (Å²) in [6.07, 6.45) is 2.58. The van der Waals surface area contributed by atoms with Gasteiger partial charge in [0.1, 0.15) is 11.9 Å². The van der Waals surface area contributed by atoms with E-state index in [0.717, 1.165) is 5.56 Å². The fraction of sp³-hybridized carbons (Fsp3) is 0.200. The Morgan fingerprint density at radius 2 is 1.94 bits per heavy atom. The molecule has 1 aromatic heterocycles. The molecule has 0 aliphatic heterocycles. The Labute approximate surface area is 101 Å². The summed E-state index contributed by atoms with van der Waals surface area (Å²) in [6.45, 7) is 5.79. The van der Waals surface area contributed by atoms with E-state index in [9.17, 15) is 5.11 Å². The molecule has 88 valence electrons. The highest BCUT2D eigenvalue weighted by Crippen LogP contribution is 2.38. The largest absolute Gasteiger partial charge is 0.467 e. The van der Waals surface area contributed by atoms with E-state index in [1.165, 1.54) is 0 Å². The molecule has 0 saturated carbocycles. The molecule has 0 radical (unpaired) electrons. The van der Waals surface area contributed by atoms with Crippen molar-refractivity contribution >= 4 is 0 Å². The molecule has 2 heteroatoms. The van der Waals surface area contributed by atoms with Crippen LogP contribution in [-0.4, -0.2) is 5.11 Å². The minimum Gasteiger partial charge on any atom is -0.467 e. The van der Waals surface area contributed by atoms with Gasteiger partial charge in [-0.25, -0.2) is 0 Å². The molecule has 0 amide bonds. The molecule has 0 bridgehead atoms. The van der Waals surface area contributed by atoms with Crippen molar-refractivity contribution in [2.45, 2.75) is 18.4 Å². The quantitative estimate of drug-likeness (QED) is 0.813. The van der Waals surface area contributed by atoms with E-state index in [1.54, 1.807) is 24.5 Å². The van der Waals surface area contributed by atoms with Gasteiger partial charge in [-0.2, -0.15) is 0 Å². The molecule has 2 nitrogen and oxygen atoms in total. The fourth-order valence-electron chi connectivity index (χ4n) is 1.93. The van der Waals surface area contributed by atoms with E-state index in [4.69, 9.17) is 4.42 Å². The van der Waals surface area contributed by atoms with Gasteiger partial charge in [-0.05, 0) is 24.6 Å². The number of hydrogen-bond donors (Lipinski definition) is 1. The molecule has 0 fully saturated rings. The van der Waals surface area contributed by atoms with Crippen LogP contribution in [0.2, 0.25) is 0 Å². The number of aliphatic hydroxyl groups is 1. The van der Waals surface area contributed by atoms with Gasteiger partial charge in [0.15, 0.2) is 0 Å². The van der Waals surface area contributed by atoms with E-state index < -0.39 is 11.5 Å². The fourth-order valence-corrected chi connectivity index (χ4v) is 1.93. The Morgan fingerprint density at radius 3 is 2.47 bits per heavy atom. The highest BCUT2D eigenvalue weighted by molar-refractivity contribution is 5.33. The molecule has 17 heavy (non-hydrogen) atoms. The van der Waals surface area contributed by atoms with Gasteiger partial charge >= 0.3 is 0 Å². The first-order valence-corrected chi connectivity index (χ1v) is 5.59. The first-order valence-electron chi connectivity index (χ1n) is 5.59. The third-order valence-electron chi connectivity index (χ3n) is 3.20.